The van der Waals surface area contributed by atoms with Crippen molar-refractivity contribution in [3.63, 3.8) is 0 Å². The van der Waals surface area contributed by atoms with E-state index < -0.39 is 57.0 Å². The van der Waals surface area contributed by atoms with Gasteiger partial charge >= 0.3 is 18.0 Å². The quantitative estimate of drug-likeness (QED) is 0.305. The van der Waals surface area contributed by atoms with Crippen molar-refractivity contribution in [1.82, 2.24) is 20.4 Å². The monoisotopic (exact) mass is 679 g/mol. The Hall–Kier alpha value is -4.15. The first-order chi connectivity index (χ1) is 22.3. The van der Waals surface area contributed by atoms with E-state index in [9.17, 15) is 36.0 Å². The number of likely N-dealkylation sites (tertiary alicyclic amines) is 1. The number of rotatable bonds is 9. The van der Waals surface area contributed by atoms with Gasteiger partial charge in [0.2, 0.25) is 10.0 Å². The van der Waals surface area contributed by atoms with E-state index in [1.165, 1.54) is 29.6 Å². The Balaban J connectivity index is 1.24. The van der Waals surface area contributed by atoms with Crippen LogP contribution in [0.3, 0.4) is 0 Å². The molecule has 2 aromatic carbocycles. The van der Waals surface area contributed by atoms with Gasteiger partial charge in [-0.05, 0) is 74.3 Å². The topological polar surface area (TPSA) is 138 Å². The average Bonchev–Trinajstić information content (AvgIpc) is 3.34. The van der Waals surface area contributed by atoms with E-state index in [-0.39, 0.29) is 36.5 Å². The summed E-state index contributed by atoms with van der Waals surface area (Å²) in [5.74, 6) is -3.78. The van der Waals surface area contributed by atoms with Gasteiger partial charge in [-0.1, -0.05) is 12.1 Å². The summed E-state index contributed by atoms with van der Waals surface area (Å²) in [5, 5.41) is 5.15. The molecule has 1 spiro atoms. The third-order valence-corrected chi connectivity index (χ3v) is 10.0. The second kappa shape index (κ2) is 13.5. The zero-order valence-corrected chi connectivity index (χ0v) is 27.0. The number of fused-ring (bicyclic) bond motifs is 2. The molecule has 1 unspecified atom stereocenters. The molecular weight excluding hydrogens is 643 g/mol. The number of anilines is 1. The summed E-state index contributed by atoms with van der Waals surface area (Å²) in [4.78, 5) is 42.4. The van der Waals surface area contributed by atoms with Gasteiger partial charge in [-0.25, -0.2) is 40.9 Å². The number of benzene rings is 2. The van der Waals surface area contributed by atoms with Crippen LogP contribution in [0.15, 0.2) is 47.7 Å². The van der Waals surface area contributed by atoms with Crippen LogP contribution in [0.2, 0.25) is 0 Å². The minimum Gasteiger partial charge on any atom is -0.466 e. The molecule has 0 saturated carbocycles. The molecule has 254 valence electrons. The van der Waals surface area contributed by atoms with Crippen molar-refractivity contribution in [3.8, 4) is 0 Å². The summed E-state index contributed by atoms with van der Waals surface area (Å²) in [7, 11) is -1.15. The molecular formula is C31H36F3N5O7S. The molecule has 3 aliphatic heterocycles. The van der Waals surface area contributed by atoms with Gasteiger partial charge in [0.25, 0.3) is 0 Å². The summed E-state index contributed by atoms with van der Waals surface area (Å²) in [6.07, 6.45) is 2.90. The maximum Gasteiger partial charge on any atom is 0.338 e. The number of hydrogen-bond acceptors (Lipinski definition) is 8. The molecule has 0 bridgehead atoms. The highest BCUT2D eigenvalue weighted by atomic mass is 32.2. The van der Waals surface area contributed by atoms with Gasteiger partial charge in [0, 0.05) is 25.6 Å². The third-order valence-electron chi connectivity index (χ3n) is 8.89. The number of carbonyl (C=O) groups excluding carboxylic acids is 3. The minimum absolute atomic E-state index is 0.0145. The van der Waals surface area contributed by atoms with Crippen LogP contribution in [0.25, 0.3) is 0 Å². The number of methoxy groups -OCH3 is 2. The number of ether oxygens (including phenoxy) is 2. The number of hydrogen-bond donors (Lipinski definition) is 2. The van der Waals surface area contributed by atoms with Crippen LogP contribution in [-0.2, 0) is 29.7 Å². The maximum absolute atomic E-state index is 14.3. The van der Waals surface area contributed by atoms with Crippen LogP contribution in [0.5, 0.6) is 0 Å². The highest BCUT2D eigenvalue weighted by molar-refractivity contribution is 7.92. The van der Waals surface area contributed by atoms with Crippen LogP contribution in [0.1, 0.15) is 36.4 Å². The fraction of sp³-hybridized carbons (Fsp3) is 0.452. The number of halogens is 3. The number of esters is 1. The SMILES string of the molecule is COCC1=C(C(=O)OC)C(c2ccc(F)c(F)c2)N(C(=O)NCCCN2CCC3(CC2)CN(S(C)(=O)=O)c2cc(F)ccc23)C(=O)N1. The second-order valence-electron chi connectivity index (χ2n) is 11.8. The van der Waals surface area contributed by atoms with Crippen molar-refractivity contribution < 1.29 is 45.4 Å². The standard InChI is InChI=1S/C31H36F3N5O7S/c1-45-17-24-26(28(40)46-2)27(19-5-8-22(33)23(34)15-19)39(30(42)36-24)29(41)35-11-4-12-37-13-9-31(10-14-37)18-38(47(3,43)44)25-16-20(32)6-7-21(25)31/h5-8,15-16,27H,4,9-14,17-18H2,1-3H3,(H,35,41)(H,36,42). The first kappa shape index (κ1) is 34.2. The molecule has 3 heterocycles. The van der Waals surface area contributed by atoms with Crippen molar-refractivity contribution in [1.29, 1.82) is 0 Å². The van der Waals surface area contributed by atoms with E-state index in [0.29, 0.717) is 44.6 Å². The van der Waals surface area contributed by atoms with E-state index in [4.69, 9.17) is 9.47 Å². The predicted octanol–water partition coefficient (Wildman–Crippen LogP) is 3.16. The molecule has 4 amide bonds. The number of imide groups is 1. The average molecular weight is 680 g/mol. The Kier molecular flexibility index (Phi) is 9.84. The normalized spacial score (nSPS) is 19.5. The van der Waals surface area contributed by atoms with Gasteiger partial charge in [0.1, 0.15) is 11.9 Å². The highest BCUT2D eigenvalue weighted by Crippen LogP contribution is 2.48. The first-order valence-corrected chi connectivity index (χ1v) is 16.8. The highest BCUT2D eigenvalue weighted by Gasteiger charge is 2.47. The van der Waals surface area contributed by atoms with E-state index in [2.05, 4.69) is 15.5 Å². The van der Waals surface area contributed by atoms with Crippen LogP contribution in [-0.4, -0.2) is 96.1 Å². The molecule has 1 fully saturated rings. The van der Waals surface area contributed by atoms with Crippen molar-refractivity contribution >= 4 is 33.7 Å². The van der Waals surface area contributed by atoms with E-state index in [0.717, 1.165) is 36.0 Å². The Labute approximate surface area is 270 Å². The van der Waals surface area contributed by atoms with Crippen LogP contribution >= 0.6 is 0 Å². The van der Waals surface area contributed by atoms with Crippen molar-refractivity contribution in [2.75, 3.05) is 64.1 Å². The molecule has 0 radical (unpaired) electrons. The molecule has 2 aromatic rings. The van der Waals surface area contributed by atoms with Crippen LogP contribution < -0.4 is 14.9 Å². The second-order valence-corrected chi connectivity index (χ2v) is 13.7. The summed E-state index contributed by atoms with van der Waals surface area (Å²) < 4.78 is 78.3. The summed E-state index contributed by atoms with van der Waals surface area (Å²) in [6, 6.07) is 3.89. The van der Waals surface area contributed by atoms with Gasteiger partial charge in [-0.15, -0.1) is 0 Å². The molecule has 16 heteroatoms. The lowest BCUT2D eigenvalue weighted by Gasteiger charge is -2.40. The molecule has 5 rings (SSSR count). The number of nitrogens with one attached hydrogen (secondary N) is 2. The lowest BCUT2D eigenvalue weighted by Crippen LogP contribution is -2.55. The van der Waals surface area contributed by atoms with E-state index in [1.807, 2.05) is 0 Å². The molecule has 1 saturated heterocycles. The number of sulfonamides is 1. The predicted molar refractivity (Wildman–Crippen MR) is 164 cm³/mol. The molecule has 1 atom stereocenters. The number of piperidine rings is 1. The Morgan fingerprint density at radius 2 is 1.79 bits per heavy atom. The van der Waals surface area contributed by atoms with E-state index in [1.54, 1.807) is 6.07 Å². The summed E-state index contributed by atoms with van der Waals surface area (Å²) in [5.41, 5.74) is 0.576. The van der Waals surface area contributed by atoms with Crippen LogP contribution in [0.4, 0.5) is 28.4 Å². The van der Waals surface area contributed by atoms with Gasteiger partial charge < -0.3 is 25.0 Å². The lowest BCUT2D eigenvalue weighted by molar-refractivity contribution is -0.137. The fourth-order valence-electron chi connectivity index (χ4n) is 6.59. The molecule has 0 aromatic heterocycles. The maximum atomic E-state index is 14.3. The molecule has 12 nitrogen and oxygen atoms in total. The molecule has 47 heavy (non-hydrogen) atoms. The number of carbonyl (C=O) groups is 3. The molecule has 0 aliphatic carbocycles. The number of urea groups is 2. The number of nitrogens with zero attached hydrogens (tertiary/aromatic N) is 3. The molecule has 2 N–H and O–H groups in total. The zero-order chi connectivity index (χ0) is 34.1. The van der Waals surface area contributed by atoms with Gasteiger partial charge in [0.15, 0.2) is 11.6 Å². The molecule has 3 aliphatic rings. The summed E-state index contributed by atoms with van der Waals surface area (Å²) >= 11 is 0. The summed E-state index contributed by atoms with van der Waals surface area (Å²) in [6.45, 7) is 2.03. The van der Waals surface area contributed by atoms with Crippen molar-refractivity contribution in [3.05, 3.63) is 76.2 Å². The zero-order valence-electron chi connectivity index (χ0n) is 26.1. The Bertz CT molecular complexity index is 1710. The first-order valence-electron chi connectivity index (χ1n) is 14.9. The smallest absolute Gasteiger partial charge is 0.338 e. The van der Waals surface area contributed by atoms with Gasteiger partial charge in [-0.3, -0.25) is 4.31 Å². The Morgan fingerprint density at radius 3 is 2.43 bits per heavy atom. The largest absolute Gasteiger partial charge is 0.466 e. The van der Waals surface area contributed by atoms with Gasteiger partial charge in [0.05, 0.1) is 36.9 Å². The minimum atomic E-state index is -3.59. The lowest BCUT2D eigenvalue weighted by atomic mass is 9.74. The fourth-order valence-corrected chi connectivity index (χ4v) is 7.58. The van der Waals surface area contributed by atoms with Crippen molar-refractivity contribution in [2.45, 2.75) is 30.7 Å². The van der Waals surface area contributed by atoms with E-state index >= 15 is 0 Å². The van der Waals surface area contributed by atoms with Gasteiger partial charge in [-0.2, -0.15) is 0 Å². The van der Waals surface area contributed by atoms with Crippen molar-refractivity contribution in [2.24, 2.45) is 0 Å². The Morgan fingerprint density at radius 1 is 1.06 bits per heavy atom. The third kappa shape index (κ3) is 6.80. The van der Waals surface area contributed by atoms with Crippen LogP contribution in [0, 0.1) is 17.5 Å². The number of amides is 4.